The number of carboxylic acids is 1. The van der Waals surface area contributed by atoms with E-state index in [4.69, 9.17) is 5.11 Å². The van der Waals surface area contributed by atoms with Crippen molar-refractivity contribution in [1.82, 2.24) is 5.32 Å². The molecule has 1 heterocycles. The number of benzene rings is 1. The van der Waals surface area contributed by atoms with Crippen LogP contribution >= 0.6 is 0 Å². The maximum atomic E-state index is 11.0. The van der Waals surface area contributed by atoms with Crippen molar-refractivity contribution in [2.75, 3.05) is 13.1 Å². The molecule has 86 valence electrons. The maximum absolute atomic E-state index is 11.0. The van der Waals surface area contributed by atoms with Crippen LogP contribution in [0, 0.1) is 18.8 Å². The molecule has 0 spiro atoms. The Morgan fingerprint density at radius 2 is 2.31 bits per heavy atom. The fourth-order valence-electron chi connectivity index (χ4n) is 2.38. The first kappa shape index (κ1) is 11.1. The van der Waals surface area contributed by atoms with Crippen LogP contribution in [0.5, 0.6) is 0 Å². The summed E-state index contributed by atoms with van der Waals surface area (Å²) in [6.45, 7) is 3.47. The third kappa shape index (κ3) is 2.42. The minimum atomic E-state index is -0.678. The summed E-state index contributed by atoms with van der Waals surface area (Å²) in [7, 11) is 0. The van der Waals surface area contributed by atoms with Crippen LogP contribution in [0.2, 0.25) is 0 Å². The Morgan fingerprint density at radius 3 is 3.00 bits per heavy atom. The van der Waals surface area contributed by atoms with Gasteiger partial charge in [-0.2, -0.15) is 0 Å². The van der Waals surface area contributed by atoms with Gasteiger partial charge in [0.2, 0.25) is 0 Å². The highest BCUT2D eigenvalue weighted by molar-refractivity contribution is 5.71. The molecule has 2 atom stereocenters. The second-order valence-electron chi connectivity index (χ2n) is 4.56. The molecule has 16 heavy (non-hydrogen) atoms. The van der Waals surface area contributed by atoms with Crippen LogP contribution in [-0.4, -0.2) is 24.2 Å². The standard InChI is InChI=1S/C13H17NO2/c1-9-3-2-4-10(5-9)6-11-7-14-8-12(11)13(15)16/h2-5,11-12,14H,6-8H2,1H3,(H,15,16). The Labute approximate surface area is 95.5 Å². The van der Waals surface area contributed by atoms with E-state index in [2.05, 4.69) is 30.4 Å². The lowest BCUT2D eigenvalue weighted by atomic mass is 9.89. The average Bonchev–Trinajstić information content (AvgIpc) is 2.66. The fourth-order valence-corrected chi connectivity index (χ4v) is 2.38. The summed E-state index contributed by atoms with van der Waals surface area (Å²) in [5.41, 5.74) is 2.47. The van der Waals surface area contributed by atoms with Gasteiger partial charge in [0.05, 0.1) is 5.92 Å². The zero-order valence-corrected chi connectivity index (χ0v) is 9.44. The Bertz CT molecular complexity index is 389. The number of aliphatic carboxylic acids is 1. The third-order valence-corrected chi connectivity index (χ3v) is 3.24. The first-order chi connectivity index (χ1) is 7.66. The normalized spacial score (nSPS) is 24.6. The Balaban J connectivity index is 2.06. The number of rotatable bonds is 3. The zero-order chi connectivity index (χ0) is 11.5. The molecule has 0 radical (unpaired) electrons. The summed E-state index contributed by atoms with van der Waals surface area (Å²) in [6.07, 6.45) is 0.853. The van der Waals surface area contributed by atoms with Crippen LogP contribution in [0.1, 0.15) is 11.1 Å². The van der Waals surface area contributed by atoms with Gasteiger partial charge in [-0.1, -0.05) is 29.8 Å². The highest BCUT2D eigenvalue weighted by atomic mass is 16.4. The summed E-state index contributed by atoms with van der Waals surface area (Å²) >= 11 is 0. The molecule has 2 rings (SSSR count). The number of carboxylic acid groups (broad SMARTS) is 1. The number of nitrogens with one attached hydrogen (secondary N) is 1. The molecule has 1 aromatic carbocycles. The average molecular weight is 219 g/mol. The quantitative estimate of drug-likeness (QED) is 0.809. The van der Waals surface area contributed by atoms with Gasteiger partial charge < -0.3 is 10.4 Å². The molecule has 1 aromatic rings. The molecule has 2 unspecified atom stereocenters. The number of aryl methyl sites for hydroxylation is 1. The van der Waals surface area contributed by atoms with E-state index in [0.29, 0.717) is 6.54 Å². The summed E-state index contributed by atoms with van der Waals surface area (Å²) < 4.78 is 0. The van der Waals surface area contributed by atoms with E-state index in [9.17, 15) is 4.79 Å². The van der Waals surface area contributed by atoms with Crippen molar-refractivity contribution in [1.29, 1.82) is 0 Å². The molecule has 2 N–H and O–H groups in total. The van der Waals surface area contributed by atoms with Gasteiger partial charge in [0.1, 0.15) is 0 Å². The Morgan fingerprint density at radius 1 is 1.50 bits per heavy atom. The molecule has 0 aromatic heterocycles. The van der Waals surface area contributed by atoms with Crippen molar-refractivity contribution in [3.63, 3.8) is 0 Å². The molecular formula is C13H17NO2. The number of hydrogen-bond acceptors (Lipinski definition) is 2. The second kappa shape index (κ2) is 4.66. The van der Waals surface area contributed by atoms with Gasteiger partial charge in [0.25, 0.3) is 0 Å². The lowest BCUT2D eigenvalue weighted by Gasteiger charge is -2.14. The van der Waals surface area contributed by atoms with E-state index in [1.165, 1.54) is 11.1 Å². The SMILES string of the molecule is Cc1cccc(CC2CNCC2C(=O)O)c1. The third-order valence-electron chi connectivity index (χ3n) is 3.24. The highest BCUT2D eigenvalue weighted by Gasteiger charge is 2.32. The van der Waals surface area contributed by atoms with E-state index in [1.807, 2.05) is 6.07 Å². The lowest BCUT2D eigenvalue weighted by molar-refractivity contribution is -0.142. The van der Waals surface area contributed by atoms with Crippen molar-refractivity contribution in [2.24, 2.45) is 11.8 Å². The van der Waals surface area contributed by atoms with Crippen molar-refractivity contribution in [3.8, 4) is 0 Å². The molecule has 1 fully saturated rings. The van der Waals surface area contributed by atoms with Crippen molar-refractivity contribution < 1.29 is 9.90 Å². The smallest absolute Gasteiger partial charge is 0.308 e. The summed E-state index contributed by atoms with van der Waals surface area (Å²) in [5, 5.41) is 12.2. The van der Waals surface area contributed by atoms with Gasteiger partial charge in [-0.3, -0.25) is 4.79 Å². The van der Waals surface area contributed by atoms with Crippen LogP contribution in [-0.2, 0) is 11.2 Å². The maximum Gasteiger partial charge on any atom is 0.308 e. The van der Waals surface area contributed by atoms with Gasteiger partial charge >= 0.3 is 5.97 Å². The molecular weight excluding hydrogens is 202 g/mol. The van der Waals surface area contributed by atoms with Crippen LogP contribution in [0.25, 0.3) is 0 Å². The Kier molecular flexibility index (Phi) is 3.25. The topological polar surface area (TPSA) is 49.3 Å². The van der Waals surface area contributed by atoms with E-state index in [0.717, 1.165) is 13.0 Å². The number of carbonyl (C=O) groups is 1. The molecule has 3 nitrogen and oxygen atoms in total. The monoisotopic (exact) mass is 219 g/mol. The number of hydrogen-bond donors (Lipinski definition) is 2. The van der Waals surface area contributed by atoms with E-state index in [-0.39, 0.29) is 11.8 Å². The van der Waals surface area contributed by atoms with Crippen LogP contribution in [0.4, 0.5) is 0 Å². The van der Waals surface area contributed by atoms with E-state index >= 15 is 0 Å². The highest BCUT2D eigenvalue weighted by Crippen LogP contribution is 2.22. The second-order valence-corrected chi connectivity index (χ2v) is 4.56. The summed E-state index contributed by atoms with van der Waals surface area (Å²) in [5.74, 6) is -0.692. The van der Waals surface area contributed by atoms with Crippen molar-refractivity contribution in [2.45, 2.75) is 13.3 Å². The summed E-state index contributed by atoms with van der Waals surface area (Å²) in [6, 6.07) is 8.30. The molecule has 3 heteroatoms. The van der Waals surface area contributed by atoms with Gasteiger partial charge in [0.15, 0.2) is 0 Å². The van der Waals surface area contributed by atoms with Crippen molar-refractivity contribution >= 4 is 5.97 Å². The van der Waals surface area contributed by atoms with Gasteiger partial charge in [-0.25, -0.2) is 0 Å². The van der Waals surface area contributed by atoms with Crippen LogP contribution in [0.3, 0.4) is 0 Å². The fraction of sp³-hybridized carbons (Fsp3) is 0.462. The Hall–Kier alpha value is -1.35. The minimum Gasteiger partial charge on any atom is -0.481 e. The predicted octanol–water partition coefficient (Wildman–Crippen LogP) is 1.46. The van der Waals surface area contributed by atoms with Gasteiger partial charge in [-0.05, 0) is 31.4 Å². The molecule has 0 bridgehead atoms. The van der Waals surface area contributed by atoms with Gasteiger partial charge in [-0.15, -0.1) is 0 Å². The lowest BCUT2D eigenvalue weighted by Crippen LogP contribution is -2.23. The molecule has 0 aliphatic carbocycles. The molecule has 0 amide bonds. The molecule has 1 aliphatic rings. The largest absolute Gasteiger partial charge is 0.481 e. The first-order valence-corrected chi connectivity index (χ1v) is 5.66. The van der Waals surface area contributed by atoms with Gasteiger partial charge in [0, 0.05) is 6.54 Å². The van der Waals surface area contributed by atoms with Crippen molar-refractivity contribution in [3.05, 3.63) is 35.4 Å². The first-order valence-electron chi connectivity index (χ1n) is 5.66. The zero-order valence-electron chi connectivity index (χ0n) is 9.44. The van der Waals surface area contributed by atoms with Crippen LogP contribution < -0.4 is 5.32 Å². The molecule has 0 saturated carbocycles. The van der Waals surface area contributed by atoms with Crippen LogP contribution in [0.15, 0.2) is 24.3 Å². The molecule has 1 aliphatic heterocycles. The minimum absolute atomic E-state index is 0.222. The predicted molar refractivity (Wildman–Crippen MR) is 62.4 cm³/mol. The molecule has 1 saturated heterocycles. The van der Waals surface area contributed by atoms with E-state index in [1.54, 1.807) is 0 Å². The summed E-state index contributed by atoms with van der Waals surface area (Å²) in [4.78, 5) is 11.0. The van der Waals surface area contributed by atoms with E-state index < -0.39 is 5.97 Å².